The average Bonchev–Trinajstić information content (AvgIpc) is 3.18. The molecular formula is C14H14N4O. The van der Waals surface area contributed by atoms with Gasteiger partial charge in [0.2, 0.25) is 0 Å². The number of H-pyrrole nitrogens is 2. The normalized spacial score (nSPS) is 19.3. The van der Waals surface area contributed by atoms with Gasteiger partial charge in [0.25, 0.3) is 0 Å². The molecular weight excluding hydrogens is 240 g/mol. The zero-order valence-electron chi connectivity index (χ0n) is 10.4. The van der Waals surface area contributed by atoms with Crippen molar-refractivity contribution in [1.82, 2.24) is 20.2 Å². The quantitative estimate of drug-likeness (QED) is 0.739. The number of para-hydroxylation sites is 1. The Labute approximate surface area is 110 Å². The summed E-state index contributed by atoms with van der Waals surface area (Å²) in [7, 11) is 0. The Kier molecular flexibility index (Phi) is 2.38. The van der Waals surface area contributed by atoms with E-state index in [0.29, 0.717) is 0 Å². The first-order valence-corrected chi connectivity index (χ1v) is 6.52. The number of nitrogens with one attached hydrogen (secondary N) is 2. The van der Waals surface area contributed by atoms with Crippen LogP contribution < -0.4 is 0 Å². The SMILES string of the molecule is c1ccc2c(-c3n[nH]c(C4CCCO4)n3)c[nH]c2c1. The minimum Gasteiger partial charge on any atom is -0.370 e. The Balaban J connectivity index is 1.76. The molecule has 0 aliphatic carbocycles. The molecule has 2 aromatic heterocycles. The third-order valence-corrected chi connectivity index (χ3v) is 3.57. The van der Waals surface area contributed by atoms with Crippen LogP contribution in [0, 0.1) is 0 Å². The van der Waals surface area contributed by atoms with Gasteiger partial charge in [0.05, 0.1) is 0 Å². The van der Waals surface area contributed by atoms with Crippen LogP contribution in [0.1, 0.15) is 24.8 Å². The second-order valence-corrected chi connectivity index (χ2v) is 4.79. The molecule has 1 aliphatic rings. The van der Waals surface area contributed by atoms with Gasteiger partial charge in [0.1, 0.15) is 6.10 Å². The molecule has 19 heavy (non-hydrogen) atoms. The molecule has 0 amide bonds. The molecule has 1 aromatic carbocycles. The summed E-state index contributed by atoms with van der Waals surface area (Å²) in [6.45, 7) is 0.813. The summed E-state index contributed by atoms with van der Waals surface area (Å²) < 4.78 is 5.62. The molecule has 1 fully saturated rings. The van der Waals surface area contributed by atoms with Crippen molar-refractivity contribution in [3.05, 3.63) is 36.3 Å². The van der Waals surface area contributed by atoms with E-state index in [4.69, 9.17) is 4.74 Å². The van der Waals surface area contributed by atoms with Gasteiger partial charge in [-0.3, -0.25) is 5.10 Å². The van der Waals surface area contributed by atoms with E-state index in [-0.39, 0.29) is 6.10 Å². The molecule has 5 heteroatoms. The fourth-order valence-corrected chi connectivity index (χ4v) is 2.59. The maximum Gasteiger partial charge on any atom is 0.183 e. The standard InChI is InChI=1S/C14H14N4O/c1-2-5-11-9(4-1)10(8-15-11)13-16-14(18-17-13)12-6-3-7-19-12/h1-2,4-5,8,12,15H,3,6-7H2,(H,16,17,18). The largest absolute Gasteiger partial charge is 0.370 e. The minimum absolute atomic E-state index is 0.0754. The van der Waals surface area contributed by atoms with Crippen LogP contribution in [-0.2, 0) is 4.74 Å². The molecule has 1 atom stereocenters. The second kappa shape index (κ2) is 4.20. The maximum absolute atomic E-state index is 5.62. The maximum atomic E-state index is 5.62. The molecule has 3 aromatic rings. The van der Waals surface area contributed by atoms with Gasteiger partial charge >= 0.3 is 0 Å². The lowest BCUT2D eigenvalue weighted by Gasteiger charge is -2.02. The zero-order chi connectivity index (χ0) is 12.7. The summed E-state index contributed by atoms with van der Waals surface area (Å²) in [6.07, 6.45) is 4.13. The van der Waals surface area contributed by atoms with Gasteiger partial charge in [0.15, 0.2) is 11.6 Å². The van der Waals surface area contributed by atoms with Gasteiger partial charge in [-0.25, -0.2) is 4.98 Å². The Morgan fingerprint density at radius 2 is 2.21 bits per heavy atom. The summed E-state index contributed by atoms with van der Waals surface area (Å²) in [4.78, 5) is 7.81. The van der Waals surface area contributed by atoms with Crippen molar-refractivity contribution in [3.63, 3.8) is 0 Å². The first-order chi connectivity index (χ1) is 9.42. The molecule has 3 heterocycles. The Morgan fingerprint density at radius 3 is 3.11 bits per heavy atom. The molecule has 0 spiro atoms. The lowest BCUT2D eigenvalue weighted by molar-refractivity contribution is 0.105. The number of nitrogens with zero attached hydrogens (tertiary/aromatic N) is 2. The number of aromatic nitrogens is 4. The minimum atomic E-state index is 0.0754. The number of rotatable bonds is 2. The highest BCUT2D eigenvalue weighted by Crippen LogP contribution is 2.29. The van der Waals surface area contributed by atoms with Crippen molar-refractivity contribution in [2.24, 2.45) is 0 Å². The Morgan fingerprint density at radius 1 is 1.26 bits per heavy atom. The average molecular weight is 254 g/mol. The van der Waals surface area contributed by atoms with E-state index in [1.807, 2.05) is 24.4 Å². The van der Waals surface area contributed by atoms with E-state index < -0.39 is 0 Å². The van der Waals surface area contributed by atoms with Crippen LogP contribution in [-0.4, -0.2) is 26.8 Å². The molecule has 0 bridgehead atoms. The van der Waals surface area contributed by atoms with Gasteiger partial charge in [-0.1, -0.05) is 18.2 Å². The lowest BCUT2D eigenvalue weighted by Crippen LogP contribution is -1.97. The molecule has 96 valence electrons. The molecule has 1 saturated heterocycles. The van der Waals surface area contributed by atoms with Gasteiger partial charge in [-0.15, -0.1) is 0 Å². The third kappa shape index (κ3) is 1.74. The predicted octanol–water partition coefficient (Wildman–Crippen LogP) is 2.80. The van der Waals surface area contributed by atoms with Crippen LogP contribution in [0.3, 0.4) is 0 Å². The highest BCUT2D eigenvalue weighted by molar-refractivity contribution is 5.93. The van der Waals surface area contributed by atoms with Crippen molar-refractivity contribution >= 4 is 10.9 Å². The Bertz CT molecular complexity index is 709. The fourth-order valence-electron chi connectivity index (χ4n) is 2.59. The number of benzene rings is 1. The summed E-state index contributed by atoms with van der Waals surface area (Å²) in [6, 6.07) is 8.15. The zero-order valence-corrected chi connectivity index (χ0v) is 10.4. The molecule has 1 aliphatic heterocycles. The molecule has 0 radical (unpaired) electrons. The van der Waals surface area contributed by atoms with E-state index in [2.05, 4.69) is 26.2 Å². The number of hydrogen-bond donors (Lipinski definition) is 2. The van der Waals surface area contributed by atoms with E-state index in [1.54, 1.807) is 0 Å². The number of aromatic amines is 2. The topological polar surface area (TPSA) is 66.6 Å². The highest BCUT2D eigenvalue weighted by Gasteiger charge is 2.22. The summed E-state index contributed by atoms with van der Waals surface area (Å²) in [5, 5.41) is 8.46. The molecule has 4 rings (SSSR count). The van der Waals surface area contributed by atoms with Crippen molar-refractivity contribution in [2.75, 3.05) is 6.61 Å². The monoisotopic (exact) mass is 254 g/mol. The van der Waals surface area contributed by atoms with Crippen LogP contribution in [0.2, 0.25) is 0 Å². The molecule has 0 saturated carbocycles. The van der Waals surface area contributed by atoms with Gasteiger partial charge in [-0.05, 0) is 18.9 Å². The fraction of sp³-hybridized carbons (Fsp3) is 0.286. The van der Waals surface area contributed by atoms with E-state index in [0.717, 1.165) is 47.6 Å². The lowest BCUT2D eigenvalue weighted by atomic mass is 10.1. The Hall–Kier alpha value is -2.14. The summed E-state index contributed by atoms with van der Waals surface area (Å²) >= 11 is 0. The molecule has 5 nitrogen and oxygen atoms in total. The van der Waals surface area contributed by atoms with Crippen molar-refractivity contribution in [3.8, 4) is 11.4 Å². The molecule has 2 N–H and O–H groups in total. The van der Waals surface area contributed by atoms with E-state index in [1.165, 1.54) is 0 Å². The van der Waals surface area contributed by atoms with Crippen LogP contribution in [0.25, 0.3) is 22.3 Å². The van der Waals surface area contributed by atoms with Crippen molar-refractivity contribution in [1.29, 1.82) is 0 Å². The first-order valence-electron chi connectivity index (χ1n) is 6.52. The van der Waals surface area contributed by atoms with Crippen molar-refractivity contribution < 1.29 is 4.74 Å². The number of fused-ring (bicyclic) bond motifs is 1. The van der Waals surface area contributed by atoms with Gasteiger partial charge < -0.3 is 9.72 Å². The van der Waals surface area contributed by atoms with Crippen molar-refractivity contribution in [2.45, 2.75) is 18.9 Å². The second-order valence-electron chi connectivity index (χ2n) is 4.79. The van der Waals surface area contributed by atoms with E-state index >= 15 is 0 Å². The van der Waals surface area contributed by atoms with Crippen LogP contribution in [0.4, 0.5) is 0 Å². The van der Waals surface area contributed by atoms with Crippen LogP contribution in [0.5, 0.6) is 0 Å². The summed E-state index contributed by atoms with van der Waals surface area (Å²) in [5.74, 6) is 1.56. The van der Waals surface area contributed by atoms with Crippen LogP contribution >= 0.6 is 0 Å². The van der Waals surface area contributed by atoms with Gasteiger partial charge in [0, 0.05) is 29.3 Å². The van der Waals surface area contributed by atoms with Crippen LogP contribution in [0.15, 0.2) is 30.5 Å². The summed E-state index contributed by atoms with van der Waals surface area (Å²) in [5.41, 5.74) is 2.12. The first kappa shape index (κ1) is 10.8. The third-order valence-electron chi connectivity index (χ3n) is 3.57. The van der Waals surface area contributed by atoms with Gasteiger partial charge in [-0.2, -0.15) is 5.10 Å². The predicted molar refractivity (Wildman–Crippen MR) is 71.6 cm³/mol. The number of ether oxygens (including phenoxy) is 1. The highest BCUT2D eigenvalue weighted by atomic mass is 16.5. The smallest absolute Gasteiger partial charge is 0.183 e. The number of hydrogen-bond acceptors (Lipinski definition) is 3. The van der Waals surface area contributed by atoms with E-state index in [9.17, 15) is 0 Å². The molecule has 1 unspecified atom stereocenters.